The van der Waals surface area contributed by atoms with Crippen LogP contribution in [0.15, 0.2) is 85.1 Å². The molecule has 18 atom stereocenters. The number of aromatic hydroxyl groups is 1. The van der Waals surface area contributed by atoms with Gasteiger partial charge in [-0.3, -0.25) is 95.9 Å². The van der Waals surface area contributed by atoms with Crippen LogP contribution in [0.25, 0.3) is 10.9 Å². The molecule has 0 aliphatic carbocycles. The highest BCUT2D eigenvalue weighted by atomic mass is 16.4. The summed E-state index contributed by atoms with van der Waals surface area (Å²) in [7, 11) is 1.50. The predicted molar refractivity (Wildman–Crippen MR) is 517 cm³/mol. The lowest BCUT2D eigenvalue weighted by atomic mass is 9.89. The number of ketones is 4. The van der Waals surface area contributed by atoms with Gasteiger partial charge < -0.3 is 117 Å². The number of amides is 15. The lowest BCUT2D eigenvalue weighted by Gasteiger charge is -2.34. The van der Waals surface area contributed by atoms with Crippen molar-refractivity contribution >= 4 is 129 Å². The Kier molecular flexibility index (Phi) is 49.2. The fourth-order valence-corrected chi connectivity index (χ4v) is 14.9. The maximum Gasteiger partial charge on any atom is 0.303 e. The largest absolute Gasteiger partial charge is 0.508 e. The normalized spacial score (nSPS) is 21.2. The van der Waals surface area contributed by atoms with E-state index < -0.39 is 264 Å². The molecular weight excluding hydrogens is 1810 g/mol. The Balaban J connectivity index is 0.0000203. The molecule has 1 aromatic heterocycles. The number of carbonyl (C=O) groups is 20. The molecule has 15 amide bonds. The van der Waals surface area contributed by atoms with Gasteiger partial charge in [-0.2, -0.15) is 0 Å². The minimum Gasteiger partial charge on any atom is -0.508 e. The van der Waals surface area contributed by atoms with Crippen LogP contribution in [0.4, 0.5) is 0 Å². The Morgan fingerprint density at radius 3 is 1.66 bits per heavy atom. The number of phenols is 1. The summed E-state index contributed by atoms with van der Waals surface area (Å²) in [6.07, 6.45) is -3.41. The highest BCUT2D eigenvalue weighted by Crippen LogP contribution is 2.25. The van der Waals surface area contributed by atoms with Crippen LogP contribution in [0.3, 0.4) is 0 Å². The van der Waals surface area contributed by atoms with Crippen molar-refractivity contribution in [2.45, 2.75) is 302 Å². The third-order valence-electron chi connectivity index (χ3n) is 23.2. The number of primary amides is 2. The molecule has 0 spiro atoms. The van der Waals surface area contributed by atoms with E-state index in [0.29, 0.717) is 27.6 Å². The first-order valence-electron chi connectivity index (χ1n) is 46.8. The summed E-state index contributed by atoms with van der Waals surface area (Å²) in [6.45, 7) is 21.0. The lowest BCUT2D eigenvalue weighted by molar-refractivity contribution is -0.140. The monoisotopic (exact) mass is 1950 g/mol. The maximum atomic E-state index is 15.5. The van der Waals surface area contributed by atoms with Crippen LogP contribution < -0.4 is 97.0 Å². The zero-order chi connectivity index (χ0) is 105. The molecule has 140 heavy (non-hydrogen) atoms. The van der Waals surface area contributed by atoms with Crippen LogP contribution in [0.2, 0.25) is 0 Å². The van der Waals surface area contributed by atoms with E-state index in [0.717, 1.165) is 0 Å². The average molecular weight is 1950 g/mol. The molecule has 42 heteroatoms. The van der Waals surface area contributed by atoms with Crippen molar-refractivity contribution in [1.29, 1.82) is 0 Å². The zero-order valence-corrected chi connectivity index (χ0v) is 82.4. The standard InChI is InChI=1S/C97H136N18O23.CH5N/c1-52(2)44-66-51-102-70(38-40-76(98)119)82(125)81(124)57(8)104-89(132)75(48-65-50-101-69-33-27-26-32-68(65)69)110-90(133)73(47-64-34-36-67(118)37-35-64)109-88(131)71(39-41-77(120)121)112-95(138)97(15,115-92(135)74(46-63-30-24-23-25-31-63)111-93(136)78(61(12)116)113-91(134)72(45-53(3)4)108-62(13)117)43-29-22-20-18-16-17-19-21-28-42-96(14,114-87(66)130)94(137)107-60(11)86(129)106-59(10)85(128)105-58(9)84(127)103-56(7)80(123)79(122)55(6)100-49-54(5)83(99)126;1-2/h23-27,30-37,50,52-61,66,70-75,78,100-102,116,118H,20-22,28-29,38-49,51H2,1-15H3,(H2,98,119)(H2,99,126)(H,103,127)(H,104,132)(H,105,128)(H,106,129)(H,107,137)(H,108,117)(H,109,131)(H,110,133)(H,111,136)(H,112,138)(H,113,134)(H,114,130)(H,115,135)(H,120,121);2H2,1H3/t54-,55-,56-,57?,58?,59-,60?,61+,66+,70-,71-,72-,73?,74-,75-,78-,96-,97-;/m0./s1. The number of H-pyrrole nitrogens is 1. The van der Waals surface area contributed by atoms with Crippen LogP contribution in [0.5, 0.6) is 5.75 Å². The van der Waals surface area contributed by atoms with Gasteiger partial charge in [0.25, 0.3) is 0 Å². The number of aromatic nitrogens is 1. The van der Waals surface area contributed by atoms with E-state index in [1.54, 1.807) is 88.5 Å². The van der Waals surface area contributed by atoms with E-state index in [4.69, 9.17) is 11.5 Å². The molecule has 0 fully saturated rings. The molecule has 4 aromatic rings. The number of aliphatic hydroxyl groups excluding tert-OH is 1. The minimum atomic E-state index is -2.14. The third kappa shape index (κ3) is 39.6. The number of para-hydroxylation sites is 1. The molecule has 0 saturated heterocycles. The van der Waals surface area contributed by atoms with E-state index in [2.05, 4.69) is 114 Å². The van der Waals surface area contributed by atoms with Crippen LogP contribution in [-0.2, 0) is 115 Å². The maximum absolute atomic E-state index is 15.5. The number of aliphatic carboxylic acids is 1. The van der Waals surface area contributed by atoms with Crippen molar-refractivity contribution in [1.82, 2.24) is 84.7 Å². The number of carbonyl (C=O) groups excluding carboxylic acids is 19. The Bertz CT molecular complexity index is 5160. The van der Waals surface area contributed by atoms with Crippen molar-refractivity contribution in [3.8, 4) is 29.4 Å². The second-order valence-corrected chi connectivity index (χ2v) is 36.5. The van der Waals surface area contributed by atoms with Crippen molar-refractivity contribution in [3.05, 3.63) is 102 Å². The molecule has 0 bridgehead atoms. The summed E-state index contributed by atoms with van der Waals surface area (Å²) in [5.41, 5.74) is 13.1. The summed E-state index contributed by atoms with van der Waals surface area (Å²) in [5.74, 6) is -10.7. The molecule has 1 aliphatic heterocycles. The summed E-state index contributed by atoms with van der Waals surface area (Å²) >= 11 is 0. The molecule has 1 aliphatic rings. The number of hydrogen-bond acceptors (Lipinski definition) is 25. The second-order valence-electron chi connectivity index (χ2n) is 36.5. The number of aliphatic hydroxyl groups is 1. The quantitative estimate of drug-likeness (QED) is 0.0188. The van der Waals surface area contributed by atoms with Gasteiger partial charge in [0.15, 0.2) is 0 Å². The number of aromatic amines is 1. The van der Waals surface area contributed by atoms with E-state index in [1.165, 1.54) is 107 Å². The minimum absolute atomic E-state index is 0.00959. The number of Topliss-reactive ketones (excluding diaryl/α,β-unsaturated/α-hetero) is 4. The smallest absolute Gasteiger partial charge is 0.303 e. The summed E-state index contributed by atoms with van der Waals surface area (Å²) in [6, 6.07) is 0.724. The van der Waals surface area contributed by atoms with Crippen LogP contribution in [0.1, 0.15) is 204 Å². The fourth-order valence-electron chi connectivity index (χ4n) is 14.9. The summed E-state index contributed by atoms with van der Waals surface area (Å²) in [5, 5.41) is 71.5. The highest BCUT2D eigenvalue weighted by molar-refractivity contribution is 6.41. The number of nitrogens with two attached hydrogens (primary N) is 3. The van der Waals surface area contributed by atoms with Crippen molar-refractivity contribution in [2.75, 3.05) is 20.1 Å². The molecule has 0 radical (unpaired) electrons. The molecule has 0 saturated carbocycles. The molecule has 766 valence electrons. The van der Waals surface area contributed by atoms with Gasteiger partial charge in [0, 0.05) is 88.0 Å². The first kappa shape index (κ1) is 118. The molecular formula is C98H141N19O23. The van der Waals surface area contributed by atoms with Gasteiger partial charge in [-0.15, -0.1) is 0 Å². The number of phenolic OH excluding ortho intramolecular Hbond substituents is 1. The van der Waals surface area contributed by atoms with Crippen LogP contribution in [-0.4, -0.2) is 254 Å². The molecule has 4 unspecified atom stereocenters. The van der Waals surface area contributed by atoms with Crippen molar-refractivity contribution < 1.29 is 111 Å². The number of hydrogen-bond donors (Lipinski definition) is 22. The number of fused-ring (bicyclic) bond motifs is 1. The van der Waals surface area contributed by atoms with Gasteiger partial charge >= 0.3 is 5.97 Å². The number of benzene rings is 3. The van der Waals surface area contributed by atoms with Crippen molar-refractivity contribution in [3.63, 3.8) is 0 Å². The van der Waals surface area contributed by atoms with Crippen LogP contribution in [0, 0.1) is 47.4 Å². The van der Waals surface area contributed by atoms with Gasteiger partial charge in [-0.05, 0) is 186 Å². The van der Waals surface area contributed by atoms with Crippen LogP contribution >= 0.6 is 0 Å². The fraction of sp³-hybridized carbons (Fsp3) is 0.551. The molecule has 25 N–H and O–H groups in total. The SMILES string of the molecule is CC(=O)N[C@@H](CC(C)C)C(=O)N[C@H](C(=O)N[C@@H](Cc1ccccc1)C(=O)N[C@@]1(C)CCCCC#CC#CCCC[C@@](C)(C(=O)NC(C)C(=O)N[C@@H](C)C(=O)NC(C)C(=O)N[C@@H](C)C(=O)C(=O)[C@H](C)NC[C@H](C)C(N)=O)NC(=O)[C@H](CC(C)C)CN[C@@H](CCC(N)=O)C(=O)C(=O)C(C)NC(=O)[C@H](Cc2c[nH]c3ccccc23)NC(=O)C(Cc2ccc(O)cc2)NC(=O)[C@H](CCC(=O)O)NC1=O)[C@@H](C)O.CN. The van der Waals surface area contributed by atoms with E-state index in [9.17, 15) is 82.4 Å². The van der Waals surface area contributed by atoms with E-state index in [-0.39, 0.29) is 94.8 Å². The first-order valence-corrected chi connectivity index (χ1v) is 46.8. The second kappa shape index (κ2) is 58.1. The van der Waals surface area contributed by atoms with Gasteiger partial charge in [0.2, 0.25) is 112 Å². The van der Waals surface area contributed by atoms with Gasteiger partial charge in [-0.25, -0.2) is 0 Å². The molecule has 2 heterocycles. The molecule has 3 aromatic carbocycles. The topological polar surface area (TPSA) is 676 Å². The summed E-state index contributed by atoms with van der Waals surface area (Å²) < 4.78 is 0. The lowest BCUT2D eigenvalue weighted by Crippen LogP contribution is -2.65. The Morgan fingerprint density at radius 1 is 0.536 bits per heavy atom. The predicted octanol–water partition coefficient (Wildman–Crippen LogP) is -1.02. The van der Waals surface area contributed by atoms with E-state index in [1.807, 2.05) is 0 Å². The number of nitrogens with one attached hydrogen (secondary N) is 16. The molecule has 42 nitrogen and oxygen atoms in total. The van der Waals surface area contributed by atoms with E-state index >= 15 is 28.8 Å². The number of carboxylic acids is 1. The van der Waals surface area contributed by atoms with Gasteiger partial charge in [0.05, 0.1) is 36.2 Å². The highest BCUT2D eigenvalue weighted by Gasteiger charge is 2.44. The number of carboxylic acid groups (broad SMARTS) is 1. The zero-order valence-electron chi connectivity index (χ0n) is 82.4. The van der Waals surface area contributed by atoms with Gasteiger partial charge in [-0.1, -0.05) is 107 Å². The van der Waals surface area contributed by atoms with Gasteiger partial charge in [0.1, 0.15) is 71.2 Å². The Morgan fingerprint density at radius 2 is 1.09 bits per heavy atom. The Labute approximate surface area is 815 Å². The number of rotatable bonds is 39. The Hall–Kier alpha value is -13.8. The molecule has 5 rings (SSSR count). The average Bonchev–Trinajstić information content (AvgIpc) is 1.84. The van der Waals surface area contributed by atoms with Crippen molar-refractivity contribution in [2.24, 2.45) is 40.9 Å². The summed E-state index contributed by atoms with van der Waals surface area (Å²) in [4.78, 5) is 283. The first-order chi connectivity index (χ1) is 65.8. The third-order valence-corrected chi connectivity index (χ3v) is 23.2.